The lowest BCUT2D eigenvalue weighted by atomic mass is 10.2. The second-order valence-electron chi connectivity index (χ2n) is 5.66. The van der Waals surface area contributed by atoms with Gasteiger partial charge in [0.05, 0.1) is 26.2 Å². The predicted molar refractivity (Wildman–Crippen MR) is 116 cm³/mol. The fraction of sp³-hybridized carbons (Fsp3) is 0.100. The van der Waals surface area contributed by atoms with Gasteiger partial charge in [0, 0.05) is 0 Å². The van der Waals surface area contributed by atoms with Crippen LogP contribution in [0.2, 0.25) is 0 Å². The number of thiazole rings is 1. The van der Waals surface area contributed by atoms with Crippen molar-refractivity contribution in [2.45, 2.75) is 0 Å². The molecule has 0 spiro atoms. The largest absolute Gasteiger partial charge is 0.493 e. The second kappa shape index (κ2) is 7.21. The number of methoxy groups -OCH3 is 1. The number of hydrogen-bond acceptors (Lipinski definition) is 5. The maximum absolute atomic E-state index is 12.9. The number of halogens is 1. The Balaban J connectivity index is 1.86. The lowest BCUT2D eigenvalue weighted by Crippen LogP contribution is -2.22. The number of terminal acetylenes is 1. The summed E-state index contributed by atoms with van der Waals surface area (Å²) >= 11 is 3.53. The van der Waals surface area contributed by atoms with Gasteiger partial charge in [0.1, 0.15) is 6.61 Å². The zero-order valence-electron chi connectivity index (χ0n) is 14.2. The van der Waals surface area contributed by atoms with E-state index in [9.17, 15) is 4.79 Å². The van der Waals surface area contributed by atoms with Crippen LogP contribution in [0.1, 0.15) is 5.56 Å². The van der Waals surface area contributed by atoms with Crippen molar-refractivity contribution in [3.8, 4) is 23.8 Å². The van der Waals surface area contributed by atoms with E-state index in [2.05, 4.69) is 33.5 Å². The maximum atomic E-state index is 12.9. The van der Waals surface area contributed by atoms with Gasteiger partial charge in [-0.15, -0.1) is 6.42 Å². The molecule has 134 valence electrons. The Labute approximate surface area is 172 Å². The molecule has 27 heavy (non-hydrogen) atoms. The maximum Gasteiger partial charge on any atom is 0.274 e. The minimum Gasteiger partial charge on any atom is -0.493 e. The number of rotatable bonds is 4. The van der Waals surface area contributed by atoms with Crippen molar-refractivity contribution in [1.82, 2.24) is 9.38 Å². The van der Waals surface area contributed by atoms with E-state index >= 15 is 0 Å². The Morgan fingerprint density at radius 3 is 2.96 bits per heavy atom. The number of benzene rings is 2. The molecule has 0 saturated heterocycles. The molecule has 2 aromatic carbocycles. The number of fused-ring (bicyclic) bond motifs is 3. The Bertz CT molecular complexity index is 1320. The molecule has 0 atom stereocenters. The van der Waals surface area contributed by atoms with Crippen molar-refractivity contribution in [2.24, 2.45) is 0 Å². The summed E-state index contributed by atoms with van der Waals surface area (Å²) in [6, 6.07) is 11.4. The Morgan fingerprint density at radius 2 is 2.19 bits per heavy atom. The van der Waals surface area contributed by atoms with E-state index in [1.54, 1.807) is 11.5 Å². The van der Waals surface area contributed by atoms with Gasteiger partial charge in [0.25, 0.3) is 5.56 Å². The number of aromatic nitrogens is 2. The quantitative estimate of drug-likeness (QED) is 0.328. The summed E-state index contributed by atoms with van der Waals surface area (Å²) < 4.78 is 14.1. The van der Waals surface area contributed by atoms with Crippen molar-refractivity contribution in [3.05, 3.63) is 60.4 Å². The minimum absolute atomic E-state index is 0.0784. The molecular formula is C20H13IN2O3S. The normalized spacial score (nSPS) is 11.8. The number of hydrogen-bond donors (Lipinski definition) is 0. The highest BCUT2D eigenvalue weighted by Crippen LogP contribution is 2.34. The predicted octanol–water partition coefficient (Wildman–Crippen LogP) is 3.08. The molecule has 0 aliphatic heterocycles. The molecule has 7 heteroatoms. The highest BCUT2D eigenvalue weighted by atomic mass is 127. The molecule has 0 N–H and O–H groups in total. The van der Waals surface area contributed by atoms with Crippen molar-refractivity contribution in [1.29, 1.82) is 0 Å². The molecule has 0 radical (unpaired) electrons. The molecule has 5 nitrogen and oxygen atoms in total. The molecule has 0 bridgehead atoms. The molecule has 0 aliphatic rings. The van der Waals surface area contributed by atoms with E-state index in [1.807, 2.05) is 42.5 Å². The Morgan fingerprint density at radius 1 is 1.37 bits per heavy atom. The van der Waals surface area contributed by atoms with Crippen LogP contribution >= 0.6 is 33.9 Å². The first-order valence-electron chi connectivity index (χ1n) is 7.98. The van der Waals surface area contributed by atoms with Gasteiger partial charge in [0.2, 0.25) is 0 Å². The molecule has 2 aromatic heterocycles. The van der Waals surface area contributed by atoms with Crippen LogP contribution in [-0.4, -0.2) is 23.1 Å². The van der Waals surface area contributed by atoms with Crippen LogP contribution in [0.15, 0.2) is 41.2 Å². The summed E-state index contributed by atoms with van der Waals surface area (Å²) in [6.45, 7) is 0.162. The Hall–Kier alpha value is -2.57. The second-order valence-corrected chi connectivity index (χ2v) is 7.83. The minimum atomic E-state index is -0.0784. The summed E-state index contributed by atoms with van der Waals surface area (Å²) in [5.74, 6) is 3.62. The molecule has 0 unspecified atom stereocenters. The molecule has 4 aromatic rings. The molecule has 0 amide bonds. The summed E-state index contributed by atoms with van der Waals surface area (Å²) in [5.41, 5.74) is 2.40. The zero-order chi connectivity index (χ0) is 19.0. The van der Waals surface area contributed by atoms with Crippen molar-refractivity contribution in [3.63, 3.8) is 0 Å². The molecule has 2 heterocycles. The van der Waals surface area contributed by atoms with Crippen LogP contribution in [0.3, 0.4) is 0 Å². The first kappa shape index (κ1) is 17.8. The Kier molecular flexibility index (Phi) is 4.76. The molecule has 0 saturated carbocycles. The SMILES string of the molecule is C#CCOc1c(I)cc(/C=c2/sc3nc4ccccc4n3c2=O)cc1OC. The lowest BCUT2D eigenvalue weighted by molar-refractivity contribution is 0.328. The number of imidazole rings is 1. The third kappa shape index (κ3) is 3.15. The summed E-state index contributed by atoms with van der Waals surface area (Å²) in [6.07, 6.45) is 7.11. The topological polar surface area (TPSA) is 52.8 Å². The van der Waals surface area contributed by atoms with Crippen molar-refractivity contribution >= 4 is 56.0 Å². The van der Waals surface area contributed by atoms with Gasteiger partial charge < -0.3 is 9.47 Å². The molecule has 0 fully saturated rings. The number of ether oxygens (including phenoxy) is 2. The van der Waals surface area contributed by atoms with Crippen LogP contribution in [-0.2, 0) is 0 Å². The lowest BCUT2D eigenvalue weighted by Gasteiger charge is -2.11. The van der Waals surface area contributed by atoms with Crippen LogP contribution in [0, 0.1) is 15.9 Å². The first-order chi connectivity index (χ1) is 13.1. The van der Waals surface area contributed by atoms with Crippen LogP contribution < -0.4 is 19.6 Å². The van der Waals surface area contributed by atoms with Gasteiger partial charge in [-0.25, -0.2) is 9.38 Å². The van der Waals surface area contributed by atoms with Crippen LogP contribution in [0.4, 0.5) is 0 Å². The third-order valence-corrected chi connectivity index (χ3v) is 5.76. The number of para-hydroxylation sites is 2. The zero-order valence-corrected chi connectivity index (χ0v) is 17.2. The van der Waals surface area contributed by atoms with E-state index in [0.717, 1.165) is 20.2 Å². The average molecular weight is 488 g/mol. The summed E-state index contributed by atoms with van der Waals surface area (Å²) in [4.78, 5) is 18.1. The standard InChI is InChI=1S/C20H13IN2O3S/c1-3-8-26-18-13(21)9-12(10-16(18)25-2)11-17-19(24)23-15-7-5-4-6-14(15)22-20(23)27-17/h1,4-7,9-11H,8H2,2H3/b17-11+. The first-order valence-corrected chi connectivity index (χ1v) is 9.87. The smallest absolute Gasteiger partial charge is 0.274 e. The van der Waals surface area contributed by atoms with Gasteiger partial charge >= 0.3 is 0 Å². The van der Waals surface area contributed by atoms with Crippen LogP contribution in [0.25, 0.3) is 22.1 Å². The highest BCUT2D eigenvalue weighted by molar-refractivity contribution is 14.1. The van der Waals surface area contributed by atoms with E-state index in [4.69, 9.17) is 15.9 Å². The fourth-order valence-corrected chi connectivity index (χ4v) is 4.61. The highest BCUT2D eigenvalue weighted by Gasteiger charge is 2.13. The van der Waals surface area contributed by atoms with Gasteiger partial charge in [-0.1, -0.05) is 29.4 Å². The van der Waals surface area contributed by atoms with E-state index in [0.29, 0.717) is 21.0 Å². The number of nitrogens with zero attached hydrogens (tertiary/aromatic N) is 2. The van der Waals surface area contributed by atoms with Gasteiger partial charge in [0.15, 0.2) is 16.5 Å². The van der Waals surface area contributed by atoms with E-state index in [1.165, 1.54) is 11.3 Å². The van der Waals surface area contributed by atoms with Gasteiger partial charge in [-0.05, 0) is 58.5 Å². The van der Waals surface area contributed by atoms with Crippen molar-refractivity contribution in [2.75, 3.05) is 13.7 Å². The summed E-state index contributed by atoms with van der Waals surface area (Å²) in [5, 5.41) is 0. The van der Waals surface area contributed by atoms with E-state index in [-0.39, 0.29) is 12.2 Å². The van der Waals surface area contributed by atoms with E-state index < -0.39 is 0 Å². The van der Waals surface area contributed by atoms with Crippen molar-refractivity contribution < 1.29 is 9.47 Å². The van der Waals surface area contributed by atoms with Crippen LogP contribution in [0.5, 0.6) is 11.5 Å². The fourth-order valence-electron chi connectivity index (χ4n) is 2.84. The third-order valence-electron chi connectivity index (χ3n) is 3.99. The molecule has 4 rings (SSSR count). The monoisotopic (exact) mass is 488 g/mol. The van der Waals surface area contributed by atoms with Gasteiger partial charge in [-0.2, -0.15) is 0 Å². The molecular weight excluding hydrogens is 475 g/mol. The summed E-state index contributed by atoms with van der Waals surface area (Å²) in [7, 11) is 1.57. The molecule has 0 aliphatic carbocycles. The van der Waals surface area contributed by atoms with Gasteiger partial charge in [-0.3, -0.25) is 4.79 Å². The average Bonchev–Trinajstić information content (AvgIpc) is 3.17.